The van der Waals surface area contributed by atoms with Crippen molar-refractivity contribution in [3.05, 3.63) is 29.3 Å². The standard InChI is InChI=1S/C19H30N2O4S/c1-4-25-19(22)21-17(11-14(2)3)13-20-26(23,24)18-10-9-15-7-5-6-8-16(15)12-18/h9-10,12,14,17,20H,4-8,11,13H2,1-3H3,(H,21,22). The number of rotatable bonds is 8. The number of carbonyl (C=O) groups excluding carboxylic acids is 1. The van der Waals surface area contributed by atoms with Crippen LogP contribution in [0.1, 0.15) is 51.2 Å². The van der Waals surface area contributed by atoms with Gasteiger partial charge in [-0.15, -0.1) is 0 Å². The molecule has 26 heavy (non-hydrogen) atoms. The van der Waals surface area contributed by atoms with E-state index >= 15 is 0 Å². The first kappa shape index (κ1) is 20.7. The lowest BCUT2D eigenvalue weighted by Gasteiger charge is -2.21. The number of aryl methyl sites for hydroxylation is 2. The molecular weight excluding hydrogens is 352 g/mol. The minimum Gasteiger partial charge on any atom is -0.450 e. The average Bonchev–Trinajstić information content (AvgIpc) is 2.59. The van der Waals surface area contributed by atoms with Gasteiger partial charge < -0.3 is 10.1 Å². The normalized spacial score (nSPS) is 15.4. The highest BCUT2D eigenvalue weighted by Crippen LogP contribution is 2.24. The fourth-order valence-electron chi connectivity index (χ4n) is 3.27. The third kappa shape index (κ3) is 5.99. The lowest BCUT2D eigenvalue weighted by atomic mass is 9.92. The molecule has 146 valence electrons. The molecule has 0 aliphatic heterocycles. The number of hydrogen-bond acceptors (Lipinski definition) is 4. The predicted octanol–water partition coefficient (Wildman–Crippen LogP) is 3.00. The van der Waals surface area contributed by atoms with Gasteiger partial charge >= 0.3 is 6.09 Å². The van der Waals surface area contributed by atoms with Crippen LogP contribution in [0.15, 0.2) is 23.1 Å². The molecule has 1 unspecified atom stereocenters. The number of ether oxygens (including phenoxy) is 1. The van der Waals surface area contributed by atoms with E-state index in [-0.39, 0.29) is 24.1 Å². The number of sulfonamides is 1. The summed E-state index contributed by atoms with van der Waals surface area (Å²) in [5.74, 6) is 0.315. The Morgan fingerprint density at radius 2 is 1.88 bits per heavy atom. The third-order valence-corrected chi connectivity index (χ3v) is 5.92. The second-order valence-corrected chi connectivity index (χ2v) is 8.95. The summed E-state index contributed by atoms with van der Waals surface area (Å²) in [6.07, 6.45) is 4.34. The number of fused-ring (bicyclic) bond motifs is 1. The lowest BCUT2D eigenvalue weighted by molar-refractivity contribution is 0.146. The Hall–Kier alpha value is -1.60. The Kier molecular flexibility index (Phi) is 7.46. The van der Waals surface area contributed by atoms with Crippen molar-refractivity contribution in [2.45, 2.75) is 63.8 Å². The van der Waals surface area contributed by atoms with Gasteiger partial charge in [0.1, 0.15) is 0 Å². The molecule has 6 nitrogen and oxygen atoms in total. The van der Waals surface area contributed by atoms with Gasteiger partial charge in [-0.3, -0.25) is 0 Å². The van der Waals surface area contributed by atoms with Crippen LogP contribution in [0.4, 0.5) is 4.79 Å². The maximum absolute atomic E-state index is 12.7. The second-order valence-electron chi connectivity index (χ2n) is 7.18. The molecule has 0 bridgehead atoms. The minimum atomic E-state index is -3.61. The highest BCUT2D eigenvalue weighted by atomic mass is 32.2. The van der Waals surface area contributed by atoms with Gasteiger partial charge in [0.15, 0.2) is 0 Å². The molecule has 0 fully saturated rings. The largest absolute Gasteiger partial charge is 0.450 e. The summed E-state index contributed by atoms with van der Waals surface area (Å²) in [6.45, 7) is 6.20. The first-order chi connectivity index (χ1) is 12.3. The molecule has 0 spiro atoms. The summed E-state index contributed by atoms with van der Waals surface area (Å²) in [7, 11) is -3.61. The molecule has 0 heterocycles. The highest BCUT2D eigenvalue weighted by Gasteiger charge is 2.21. The second kappa shape index (κ2) is 9.37. The van der Waals surface area contributed by atoms with Crippen molar-refractivity contribution in [1.82, 2.24) is 10.0 Å². The summed E-state index contributed by atoms with van der Waals surface area (Å²) >= 11 is 0. The van der Waals surface area contributed by atoms with Gasteiger partial charge in [0.2, 0.25) is 10.0 Å². The summed E-state index contributed by atoms with van der Waals surface area (Å²) in [4.78, 5) is 12.0. The van der Waals surface area contributed by atoms with Crippen LogP contribution in [0, 0.1) is 5.92 Å². The maximum Gasteiger partial charge on any atom is 0.407 e. The fourth-order valence-corrected chi connectivity index (χ4v) is 4.40. The van der Waals surface area contributed by atoms with Crippen LogP contribution in [0.25, 0.3) is 0 Å². The number of benzene rings is 1. The Morgan fingerprint density at radius 1 is 1.19 bits per heavy atom. The zero-order chi connectivity index (χ0) is 19.2. The quantitative estimate of drug-likeness (QED) is 0.724. The zero-order valence-electron chi connectivity index (χ0n) is 15.9. The molecule has 1 amide bonds. The molecule has 1 aromatic rings. The SMILES string of the molecule is CCOC(=O)NC(CNS(=O)(=O)c1ccc2c(c1)CCCC2)CC(C)C. The number of alkyl carbamates (subject to hydrolysis) is 1. The van der Waals surface area contributed by atoms with Gasteiger partial charge in [-0.25, -0.2) is 17.9 Å². The fraction of sp³-hybridized carbons (Fsp3) is 0.632. The number of amides is 1. The lowest BCUT2D eigenvalue weighted by Crippen LogP contribution is -2.44. The zero-order valence-corrected chi connectivity index (χ0v) is 16.7. The van der Waals surface area contributed by atoms with Gasteiger partial charge in [-0.1, -0.05) is 19.9 Å². The third-order valence-electron chi connectivity index (χ3n) is 4.50. The van der Waals surface area contributed by atoms with E-state index in [4.69, 9.17) is 4.74 Å². The van der Waals surface area contributed by atoms with Crippen LogP contribution in [-0.4, -0.2) is 33.7 Å². The van der Waals surface area contributed by atoms with E-state index in [1.807, 2.05) is 19.9 Å². The molecule has 0 aromatic heterocycles. The van der Waals surface area contributed by atoms with Crippen molar-refractivity contribution < 1.29 is 17.9 Å². The van der Waals surface area contributed by atoms with Gasteiger partial charge in [-0.05, 0) is 68.2 Å². The number of nitrogens with one attached hydrogen (secondary N) is 2. The van der Waals surface area contributed by atoms with Crippen molar-refractivity contribution >= 4 is 16.1 Å². The number of carbonyl (C=O) groups is 1. The smallest absolute Gasteiger partial charge is 0.407 e. The summed E-state index contributed by atoms with van der Waals surface area (Å²) in [5.41, 5.74) is 2.37. The van der Waals surface area contributed by atoms with Crippen molar-refractivity contribution in [1.29, 1.82) is 0 Å². The summed E-state index contributed by atoms with van der Waals surface area (Å²) < 4.78 is 32.9. The minimum absolute atomic E-state index is 0.135. The molecule has 1 atom stereocenters. The van der Waals surface area contributed by atoms with Crippen molar-refractivity contribution in [3.63, 3.8) is 0 Å². The average molecular weight is 383 g/mol. The van der Waals surface area contributed by atoms with Gasteiger partial charge in [-0.2, -0.15) is 0 Å². The number of hydrogen-bond donors (Lipinski definition) is 2. The van der Waals surface area contributed by atoms with Crippen LogP contribution < -0.4 is 10.0 Å². The van der Waals surface area contributed by atoms with Crippen molar-refractivity contribution in [2.75, 3.05) is 13.2 Å². The van der Waals surface area contributed by atoms with E-state index in [9.17, 15) is 13.2 Å². The predicted molar refractivity (Wildman–Crippen MR) is 102 cm³/mol. The molecule has 2 N–H and O–H groups in total. The van der Waals surface area contributed by atoms with E-state index in [1.165, 1.54) is 5.56 Å². The van der Waals surface area contributed by atoms with E-state index in [0.717, 1.165) is 31.2 Å². The molecule has 7 heteroatoms. The van der Waals surface area contributed by atoms with Crippen LogP contribution in [-0.2, 0) is 27.6 Å². The highest BCUT2D eigenvalue weighted by molar-refractivity contribution is 7.89. The molecular formula is C19H30N2O4S. The van der Waals surface area contributed by atoms with E-state index in [2.05, 4.69) is 10.0 Å². The first-order valence-electron chi connectivity index (χ1n) is 9.36. The topological polar surface area (TPSA) is 84.5 Å². The van der Waals surface area contributed by atoms with Gasteiger partial charge in [0.25, 0.3) is 0 Å². The molecule has 1 aromatic carbocycles. The van der Waals surface area contributed by atoms with Gasteiger partial charge in [0.05, 0.1) is 11.5 Å². The molecule has 1 aliphatic carbocycles. The van der Waals surface area contributed by atoms with Gasteiger partial charge in [0, 0.05) is 12.6 Å². The van der Waals surface area contributed by atoms with E-state index in [0.29, 0.717) is 12.3 Å². The molecule has 0 saturated carbocycles. The van der Waals surface area contributed by atoms with Crippen LogP contribution in [0.2, 0.25) is 0 Å². The van der Waals surface area contributed by atoms with Crippen LogP contribution in [0.5, 0.6) is 0 Å². The van der Waals surface area contributed by atoms with Crippen LogP contribution >= 0.6 is 0 Å². The Balaban J connectivity index is 2.05. The van der Waals surface area contributed by atoms with E-state index < -0.39 is 16.1 Å². The summed E-state index contributed by atoms with van der Waals surface area (Å²) in [6, 6.07) is 5.06. The molecule has 0 radical (unpaired) electrons. The molecule has 2 rings (SSSR count). The monoisotopic (exact) mass is 382 g/mol. The molecule has 0 saturated heterocycles. The Morgan fingerprint density at radius 3 is 2.54 bits per heavy atom. The van der Waals surface area contributed by atoms with Crippen molar-refractivity contribution in [2.24, 2.45) is 5.92 Å². The summed E-state index contributed by atoms with van der Waals surface area (Å²) in [5, 5.41) is 2.74. The molecule has 1 aliphatic rings. The van der Waals surface area contributed by atoms with Crippen molar-refractivity contribution in [3.8, 4) is 0 Å². The Labute approximate surface area is 156 Å². The Bertz CT molecular complexity index is 716. The van der Waals surface area contributed by atoms with Crippen LogP contribution in [0.3, 0.4) is 0 Å². The maximum atomic E-state index is 12.7. The van der Waals surface area contributed by atoms with E-state index in [1.54, 1.807) is 19.1 Å². The first-order valence-corrected chi connectivity index (χ1v) is 10.8.